The summed E-state index contributed by atoms with van der Waals surface area (Å²) in [5.74, 6) is 1.57. The maximum Gasteiger partial charge on any atom is 0.266 e. The van der Waals surface area contributed by atoms with Gasteiger partial charge in [0.2, 0.25) is 0 Å². The van der Waals surface area contributed by atoms with Crippen LogP contribution < -0.4 is 9.47 Å². The van der Waals surface area contributed by atoms with Gasteiger partial charge in [0.15, 0.2) is 0 Å². The number of hydrogen-bond acceptors (Lipinski definition) is 5. The molecule has 0 unspecified atom stereocenters. The number of nitrogens with zero attached hydrogens (tertiary/aromatic N) is 1. The molecule has 0 saturated carbocycles. The molecule has 3 aromatic carbocycles. The first-order chi connectivity index (χ1) is 16.0. The van der Waals surface area contributed by atoms with E-state index in [1.807, 2.05) is 54.6 Å². The predicted octanol–water partition coefficient (Wildman–Crippen LogP) is 6.03. The highest BCUT2D eigenvalue weighted by Gasteiger charge is 2.31. The summed E-state index contributed by atoms with van der Waals surface area (Å²) in [6.07, 6.45) is 2.62. The molecule has 168 valence electrons. The molecule has 0 spiro atoms. The molecule has 33 heavy (non-hydrogen) atoms. The van der Waals surface area contributed by atoms with Gasteiger partial charge in [-0.1, -0.05) is 78.1 Å². The molecule has 1 aliphatic rings. The van der Waals surface area contributed by atoms with E-state index in [1.165, 1.54) is 17.3 Å². The third-order valence-electron chi connectivity index (χ3n) is 5.36. The predicted molar refractivity (Wildman–Crippen MR) is 139 cm³/mol. The van der Waals surface area contributed by atoms with Crippen LogP contribution in [-0.4, -0.2) is 28.8 Å². The summed E-state index contributed by atoms with van der Waals surface area (Å²) in [7, 11) is 1.65. The monoisotopic (exact) mass is 475 g/mol. The highest BCUT2D eigenvalue weighted by atomic mass is 32.2. The Kier molecular flexibility index (Phi) is 7.47. The van der Waals surface area contributed by atoms with Gasteiger partial charge in [-0.3, -0.25) is 9.69 Å². The number of thiocarbonyl (C=S) groups is 1. The van der Waals surface area contributed by atoms with Crippen LogP contribution in [0.5, 0.6) is 11.5 Å². The molecule has 0 N–H and O–H groups in total. The van der Waals surface area contributed by atoms with Crippen molar-refractivity contribution in [1.29, 1.82) is 0 Å². The van der Waals surface area contributed by atoms with E-state index in [4.69, 9.17) is 21.7 Å². The van der Waals surface area contributed by atoms with Gasteiger partial charge < -0.3 is 9.47 Å². The second-order valence-corrected chi connectivity index (χ2v) is 9.45. The molecule has 4 nitrogen and oxygen atoms in total. The van der Waals surface area contributed by atoms with Crippen molar-refractivity contribution in [2.24, 2.45) is 0 Å². The van der Waals surface area contributed by atoms with Crippen molar-refractivity contribution in [1.82, 2.24) is 4.90 Å². The first kappa shape index (κ1) is 23.1. The van der Waals surface area contributed by atoms with Crippen LogP contribution in [0.4, 0.5) is 0 Å². The Morgan fingerprint density at radius 2 is 1.55 bits per heavy atom. The van der Waals surface area contributed by atoms with Crippen molar-refractivity contribution in [2.75, 3.05) is 13.7 Å². The van der Waals surface area contributed by atoms with Crippen LogP contribution in [0.25, 0.3) is 6.08 Å². The van der Waals surface area contributed by atoms with Gasteiger partial charge >= 0.3 is 0 Å². The Morgan fingerprint density at radius 1 is 0.909 bits per heavy atom. The summed E-state index contributed by atoms with van der Waals surface area (Å²) in [5.41, 5.74) is 4.43. The second kappa shape index (κ2) is 10.7. The average Bonchev–Trinajstić information content (AvgIpc) is 3.10. The SMILES string of the molecule is COc1ccc(CCN2C(=O)C(=Cc3ccc(OCc4ccc(C)cc4)cc3)SC2=S)cc1. The van der Waals surface area contributed by atoms with Gasteiger partial charge in [0.25, 0.3) is 5.91 Å². The van der Waals surface area contributed by atoms with Crippen LogP contribution in [0.15, 0.2) is 77.7 Å². The molecule has 1 aliphatic heterocycles. The lowest BCUT2D eigenvalue weighted by Crippen LogP contribution is -2.30. The van der Waals surface area contributed by atoms with Crippen LogP contribution in [0.1, 0.15) is 22.3 Å². The molecule has 3 aromatic rings. The molecule has 0 radical (unpaired) electrons. The first-order valence-electron chi connectivity index (χ1n) is 10.7. The number of amides is 1. The van der Waals surface area contributed by atoms with Crippen molar-refractivity contribution < 1.29 is 14.3 Å². The summed E-state index contributed by atoms with van der Waals surface area (Å²) in [6.45, 7) is 3.14. The minimum atomic E-state index is -0.0433. The van der Waals surface area contributed by atoms with Gasteiger partial charge in [0, 0.05) is 6.54 Å². The topological polar surface area (TPSA) is 38.8 Å². The number of aryl methyl sites for hydroxylation is 1. The van der Waals surface area contributed by atoms with Crippen molar-refractivity contribution in [2.45, 2.75) is 20.0 Å². The van der Waals surface area contributed by atoms with E-state index >= 15 is 0 Å². The molecule has 0 bridgehead atoms. The average molecular weight is 476 g/mol. The lowest BCUT2D eigenvalue weighted by atomic mass is 10.1. The number of carbonyl (C=O) groups excluding carboxylic acids is 1. The number of hydrogen-bond donors (Lipinski definition) is 0. The fourth-order valence-corrected chi connectivity index (χ4v) is 4.70. The summed E-state index contributed by atoms with van der Waals surface area (Å²) >= 11 is 6.81. The molecule has 1 heterocycles. The minimum absolute atomic E-state index is 0.0433. The Balaban J connectivity index is 1.34. The zero-order valence-electron chi connectivity index (χ0n) is 18.6. The van der Waals surface area contributed by atoms with Gasteiger partial charge in [0.1, 0.15) is 22.4 Å². The van der Waals surface area contributed by atoms with Crippen LogP contribution in [0, 0.1) is 6.92 Å². The third kappa shape index (κ3) is 6.03. The Morgan fingerprint density at radius 3 is 2.21 bits per heavy atom. The number of carbonyl (C=O) groups is 1. The Labute approximate surface area is 204 Å². The van der Waals surface area contributed by atoms with E-state index in [0.717, 1.165) is 34.6 Å². The summed E-state index contributed by atoms with van der Waals surface area (Å²) < 4.78 is 11.7. The molecule has 4 rings (SSSR count). The number of methoxy groups -OCH3 is 1. The quantitative estimate of drug-likeness (QED) is 0.294. The van der Waals surface area contributed by atoms with Crippen molar-refractivity contribution in [3.05, 3.63) is 100.0 Å². The van der Waals surface area contributed by atoms with Gasteiger partial charge in [-0.25, -0.2) is 0 Å². The van der Waals surface area contributed by atoms with Crippen LogP contribution in [-0.2, 0) is 17.8 Å². The summed E-state index contributed by atoms with van der Waals surface area (Å²) in [6, 6.07) is 23.9. The maximum atomic E-state index is 12.9. The number of rotatable bonds is 8. The van der Waals surface area contributed by atoms with Gasteiger partial charge in [-0.15, -0.1) is 0 Å². The van der Waals surface area contributed by atoms with Crippen molar-refractivity contribution in [3.63, 3.8) is 0 Å². The Hall–Kier alpha value is -3.09. The van der Waals surface area contributed by atoms with Crippen LogP contribution in [0.2, 0.25) is 0 Å². The van der Waals surface area contributed by atoms with E-state index in [1.54, 1.807) is 12.0 Å². The zero-order valence-corrected chi connectivity index (χ0v) is 20.2. The standard InChI is InChI=1S/C27H25NO3S2/c1-19-3-5-22(6-4-19)18-31-24-13-9-21(10-14-24)17-25-26(29)28(27(32)33-25)16-15-20-7-11-23(30-2)12-8-20/h3-14,17H,15-16,18H2,1-2H3. The molecule has 0 aliphatic carbocycles. The van der Waals surface area contributed by atoms with Gasteiger partial charge in [-0.05, 0) is 60.4 Å². The largest absolute Gasteiger partial charge is 0.497 e. The maximum absolute atomic E-state index is 12.9. The smallest absolute Gasteiger partial charge is 0.266 e. The molecular weight excluding hydrogens is 450 g/mol. The molecule has 1 fully saturated rings. The van der Waals surface area contributed by atoms with Crippen molar-refractivity contribution >= 4 is 40.3 Å². The lowest BCUT2D eigenvalue weighted by Gasteiger charge is -2.14. The first-order valence-corrected chi connectivity index (χ1v) is 11.9. The van der Waals surface area contributed by atoms with E-state index in [9.17, 15) is 4.79 Å². The van der Waals surface area contributed by atoms with E-state index in [0.29, 0.717) is 22.4 Å². The zero-order chi connectivity index (χ0) is 23.2. The van der Waals surface area contributed by atoms with Gasteiger partial charge in [-0.2, -0.15) is 0 Å². The Bertz CT molecular complexity index is 1150. The molecule has 0 aromatic heterocycles. The molecule has 1 saturated heterocycles. The van der Waals surface area contributed by atoms with Crippen LogP contribution in [0.3, 0.4) is 0 Å². The van der Waals surface area contributed by atoms with Crippen LogP contribution >= 0.6 is 24.0 Å². The number of thioether (sulfide) groups is 1. The summed E-state index contributed by atoms with van der Waals surface area (Å²) in [4.78, 5) is 15.2. The van der Waals surface area contributed by atoms with E-state index < -0.39 is 0 Å². The molecule has 6 heteroatoms. The number of ether oxygens (including phenoxy) is 2. The van der Waals surface area contributed by atoms with Crippen molar-refractivity contribution in [3.8, 4) is 11.5 Å². The lowest BCUT2D eigenvalue weighted by molar-refractivity contribution is -0.122. The minimum Gasteiger partial charge on any atom is -0.497 e. The highest BCUT2D eigenvalue weighted by Crippen LogP contribution is 2.33. The normalized spacial score (nSPS) is 14.7. The van der Waals surface area contributed by atoms with Gasteiger partial charge in [0.05, 0.1) is 12.0 Å². The fraction of sp³-hybridized carbons (Fsp3) is 0.185. The van der Waals surface area contributed by atoms with E-state index in [-0.39, 0.29) is 5.91 Å². The fourth-order valence-electron chi connectivity index (χ4n) is 3.39. The highest BCUT2D eigenvalue weighted by molar-refractivity contribution is 8.26. The molecular formula is C27H25NO3S2. The molecule has 1 amide bonds. The van der Waals surface area contributed by atoms with E-state index in [2.05, 4.69) is 31.2 Å². The third-order valence-corrected chi connectivity index (χ3v) is 6.74. The summed E-state index contributed by atoms with van der Waals surface area (Å²) in [5, 5.41) is 0. The molecule has 0 atom stereocenters. The number of benzene rings is 3. The second-order valence-electron chi connectivity index (χ2n) is 7.77.